The van der Waals surface area contributed by atoms with Crippen molar-refractivity contribution in [3.63, 3.8) is 0 Å². The minimum atomic E-state index is -4.37. The van der Waals surface area contributed by atoms with E-state index in [-0.39, 0.29) is 6.54 Å². The Bertz CT molecular complexity index is 827. The molecule has 0 amide bonds. The summed E-state index contributed by atoms with van der Waals surface area (Å²) < 4.78 is 44.8. The van der Waals surface area contributed by atoms with E-state index in [2.05, 4.69) is 0 Å². The Hall–Kier alpha value is -1.19. The number of benzene rings is 2. The van der Waals surface area contributed by atoms with Crippen LogP contribution in [0.15, 0.2) is 48.5 Å². The Kier molecular flexibility index (Phi) is 5.65. The maximum atomic E-state index is 11.0. The van der Waals surface area contributed by atoms with Crippen LogP contribution in [0.3, 0.4) is 0 Å². The maximum Gasteiger partial charge on any atom is 0.333 e. The Morgan fingerprint density at radius 1 is 1.00 bits per heavy atom. The second-order valence-electron chi connectivity index (χ2n) is 5.43. The van der Waals surface area contributed by atoms with Crippen LogP contribution in [0.5, 0.6) is 0 Å². The van der Waals surface area contributed by atoms with Gasteiger partial charge in [-0.25, -0.2) is 0 Å². The highest BCUT2D eigenvalue weighted by molar-refractivity contribution is 7.83. The highest BCUT2D eigenvalue weighted by Crippen LogP contribution is 2.44. The number of hydrogen-bond donors (Lipinski definition) is 2. The number of ether oxygens (including phenoxy) is 2. The van der Waals surface area contributed by atoms with E-state index in [4.69, 9.17) is 37.2 Å². The summed E-state index contributed by atoms with van der Waals surface area (Å²) in [6.45, 7) is -0.200. The predicted octanol–water partition coefficient (Wildman–Crippen LogP) is 3.54. The highest BCUT2D eigenvalue weighted by Gasteiger charge is 2.40. The van der Waals surface area contributed by atoms with Gasteiger partial charge in [-0.1, -0.05) is 59.6 Å². The summed E-state index contributed by atoms with van der Waals surface area (Å²) in [5, 5.41) is 0.762. The smallest absolute Gasteiger partial charge is 0.333 e. The molecule has 1 heterocycles. The van der Waals surface area contributed by atoms with Gasteiger partial charge in [0, 0.05) is 27.7 Å². The van der Waals surface area contributed by atoms with Gasteiger partial charge in [-0.05, 0) is 12.1 Å². The van der Waals surface area contributed by atoms with Crippen molar-refractivity contribution < 1.29 is 22.4 Å². The third-order valence-electron chi connectivity index (χ3n) is 3.73. The zero-order valence-corrected chi connectivity index (χ0v) is 15.1. The van der Waals surface area contributed by atoms with Crippen molar-refractivity contribution in [2.24, 2.45) is 0 Å². The van der Waals surface area contributed by atoms with Crippen LogP contribution < -0.4 is 4.72 Å². The van der Waals surface area contributed by atoms with E-state index in [9.17, 15) is 8.42 Å². The molecule has 2 N–H and O–H groups in total. The van der Waals surface area contributed by atoms with E-state index >= 15 is 0 Å². The highest BCUT2D eigenvalue weighted by atomic mass is 35.5. The first kappa shape index (κ1) is 18.6. The number of halogens is 2. The Morgan fingerprint density at radius 2 is 1.64 bits per heavy atom. The van der Waals surface area contributed by atoms with Crippen LogP contribution in [0, 0.1) is 0 Å². The topological polar surface area (TPSA) is 84.9 Å². The molecular formula is C16H15Cl2NO5S. The van der Waals surface area contributed by atoms with Gasteiger partial charge in [0.05, 0.1) is 0 Å². The van der Waals surface area contributed by atoms with Gasteiger partial charge in [0.1, 0.15) is 12.2 Å². The van der Waals surface area contributed by atoms with Crippen molar-refractivity contribution in [2.75, 3.05) is 6.54 Å². The molecule has 3 atom stereocenters. The average Bonchev–Trinajstić information content (AvgIpc) is 2.97. The first-order chi connectivity index (χ1) is 11.8. The van der Waals surface area contributed by atoms with Crippen LogP contribution in [-0.4, -0.2) is 25.6 Å². The van der Waals surface area contributed by atoms with Gasteiger partial charge in [0.2, 0.25) is 0 Å². The van der Waals surface area contributed by atoms with Crippen molar-refractivity contribution in [3.05, 3.63) is 69.7 Å². The molecule has 2 aromatic carbocycles. The third-order valence-corrected chi connectivity index (χ3v) is 4.92. The summed E-state index contributed by atoms with van der Waals surface area (Å²) in [5.74, 6) is 0. The summed E-state index contributed by atoms with van der Waals surface area (Å²) in [6, 6.07) is 14.2. The fraction of sp³-hybridized carbons (Fsp3) is 0.250. The fourth-order valence-electron chi connectivity index (χ4n) is 2.63. The zero-order valence-electron chi connectivity index (χ0n) is 12.8. The molecule has 25 heavy (non-hydrogen) atoms. The molecular weight excluding hydrogens is 389 g/mol. The summed E-state index contributed by atoms with van der Waals surface area (Å²) in [4.78, 5) is 0. The molecule has 1 aliphatic rings. The first-order valence-electron chi connectivity index (χ1n) is 7.37. The Labute approximate surface area is 155 Å². The second-order valence-corrected chi connectivity index (χ2v) is 7.49. The second kappa shape index (κ2) is 7.59. The molecule has 6 nitrogen and oxygen atoms in total. The van der Waals surface area contributed by atoms with Gasteiger partial charge in [-0.15, -0.1) is 0 Å². The lowest BCUT2D eigenvalue weighted by atomic mass is 10.0. The van der Waals surface area contributed by atoms with Gasteiger partial charge in [0.25, 0.3) is 0 Å². The van der Waals surface area contributed by atoms with E-state index < -0.39 is 28.8 Å². The minimum Gasteiger partial charge on any atom is -0.341 e. The average molecular weight is 404 g/mol. The molecule has 0 aromatic heterocycles. The normalized spacial score (nSPS) is 23.7. The lowest BCUT2D eigenvalue weighted by Crippen LogP contribution is -2.34. The molecule has 2 aromatic rings. The molecule has 0 radical (unpaired) electrons. The number of hydrogen-bond acceptors (Lipinski definition) is 4. The molecule has 9 heteroatoms. The van der Waals surface area contributed by atoms with Crippen molar-refractivity contribution >= 4 is 33.5 Å². The van der Waals surface area contributed by atoms with E-state index in [1.807, 2.05) is 35.1 Å². The quantitative estimate of drug-likeness (QED) is 0.745. The van der Waals surface area contributed by atoms with Crippen molar-refractivity contribution in [2.45, 2.75) is 18.5 Å². The van der Waals surface area contributed by atoms with Crippen molar-refractivity contribution in [3.8, 4) is 0 Å². The Morgan fingerprint density at radius 3 is 2.24 bits per heavy atom. The van der Waals surface area contributed by atoms with Crippen LogP contribution in [0.25, 0.3) is 0 Å². The van der Waals surface area contributed by atoms with Gasteiger partial charge in [-0.2, -0.15) is 13.1 Å². The van der Waals surface area contributed by atoms with E-state index in [1.165, 1.54) is 0 Å². The van der Waals surface area contributed by atoms with Gasteiger partial charge < -0.3 is 9.47 Å². The van der Waals surface area contributed by atoms with Crippen LogP contribution in [0.1, 0.15) is 23.5 Å². The van der Waals surface area contributed by atoms with Crippen molar-refractivity contribution in [1.29, 1.82) is 0 Å². The monoisotopic (exact) mass is 403 g/mol. The molecule has 3 rings (SSSR count). The minimum absolute atomic E-state index is 0.200. The first-order valence-corrected chi connectivity index (χ1v) is 9.56. The largest absolute Gasteiger partial charge is 0.341 e. The molecule has 1 saturated heterocycles. The number of rotatable bonds is 5. The van der Waals surface area contributed by atoms with Crippen LogP contribution in [-0.2, 0) is 19.8 Å². The summed E-state index contributed by atoms with van der Waals surface area (Å²) in [6.07, 6.45) is -2.16. The third kappa shape index (κ3) is 4.51. The lowest BCUT2D eigenvalue weighted by molar-refractivity contribution is -0.0687. The molecule has 3 unspecified atom stereocenters. The van der Waals surface area contributed by atoms with Gasteiger partial charge in [0.15, 0.2) is 6.29 Å². The van der Waals surface area contributed by atoms with Crippen LogP contribution >= 0.6 is 23.2 Å². The number of nitrogens with one attached hydrogen (secondary N) is 1. The molecule has 0 spiro atoms. The van der Waals surface area contributed by atoms with Crippen LogP contribution in [0.2, 0.25) is 10.0 Å². The van der Waals surface area contributed by atoms with E-state index in [0.29, 0.717) is 15.6 Å². The zero-order chi connectivity index (χ0) is 18.0. The molecule has 0 saturated carbocycles. The molecule has 1 aliphatic heterocycles. The summed E-state index contributed by atoms with van der Waals surface area (Å²) >= 11 is 12.5. The molecule has 0 bridgehead atoms. The molecule has 1 fully saturated rings. The molecule has 134 valence electrons. The fourth-order valence-corrected chi connectivity index (χ4v) is 3.62. The van der Waals surface area contributed by atoms with Gasteiger partial charge >= 0.3 is 10.3 Å². The summed E-state index contributed by atoms with van der Waals surface area (Å²) in [7, 11) is -4.37. The van der Waals surface area contributed by atoms with Gasteiger partial charge in [-0.3, -0.25) is 4.55 Å². The SMILES string of the molecule is O=S(=O)(O)NCC1OC(c2ccccc2)OC1c1c(Cl)cccc1Cl. The maximum absolute atomic E-state index is 11.0. The van der Waals surface area contributed by atoms with Crippen molar-refractivity contribution in [1.82, 2.24) is 4.72 Å². The Balaban J connectivity index is 1.91. The molecule has 0 aliphatic carbocycles. The lowest BCUT2D eigenvalue weighted by Gasteiger charge is -2.19. The predicted molar refractivity (Wildman–Crippen MR) is 93.9 cm³/mol. The standard InChI is InChI=1S/C16H15Cl2NO5S/c17-11-7-4-8-12(18)14(11)15-13(9-19-25(20,21)22)23-16(24-15)10-5-2-1-3-6-10/h1-8,13,15-16,19H,9H2,(H,20,21,22). The summed E-state index contributed by atoms with van der Waals surface area (Å²) in [5.41, 5.74) is 1.27. The van der Waals surface area contributed by atoms with E-state index in [1.54, 1.807) is 18.2 Å². The van der Waals surface area contributed by atoms with Crippen LogP contribution in [0.4, 0.5) is 0 Å². The van der Waals surface area contributed by atoms with E-state index in [0.717, 1.165) is 5.56 Å².